The van der Waals surface area contributed by atoms with Crippen molar-refractivity contribution in [3.63, 3.8) is 0 Å². The monoisotopic (exact) mass is 414 g/mol. The number of hydrogen-bond acceptors (Lipinski definition) is 0. The van der Waals surface area contributed by atoms with Crippen molar-refractivity contribution in [3.05, 3.63) is 0 Å². The Morgan fingerprint density at radius 2 is 1.30 bits per heavy atom. The van der Waals surface area contributed by atoms with Crippen LogP contribution in [0.15, 0.2) is 0 Å². The maximum atomic E-state index is 2.71. The SMILES string of the molecule is CC(C)C(C)C(C1CCCCC1C)C1CCC2C(C3CCC(C)C(C)C3)CC2C1C. The highest BCUT2D eigenvalue weighted by Crippen LogP contribution is 2.61. The summed E-state index contributed by atoms with van der Waals surface area (Å²) in [6, 6.07) is 0. The quantitative estimate of drug-likeness (QED) is 0.420. The van der Waals surface area contributed by atoms with Crippen LogP contribution in [0.25, 0.3) is 0 Å². The van der Waals surface area contributed by atoms with Gasteiger partial charge in [-0.1, -0.05) is 74.1 Å². The predicted molar refractivity (Wildman–Crippen MR) is 131 cm³/mol. The maximum absolute atomic E-state index is 2.71. The zero-order chi connectivity index (χ0) is 21.6. The van der Waals surface area contributed by atoms with E-state index < -0.39 is 0 Å². The normalized spacial score (nSPS) is 49.2. The average Bonchev–Trinajstić information content (AvgIpc) is 2.69. The first-order valence-corrected chi connectivity index (χ1v) is 14.3. The molecule has 12 unspecified atom stereocenters. The van der Waals surface area contributed by atoms with Crippen molar-refractivity contribution in [1.82, 2.24) is 0 Å². The lowest BCUT2D eigenvalue weighted by molar-refractivity contribution is -0.106. The Morgan fingerprint density at radius 3 is 1.97 bits per heavy atom. The Labute approximate surface area is 189 Å². The largest absolute Gasteiger partial charge is 0.0625 e. The van der Waals surface area contributed by atoms with E-state index >= 15 is 0 Å². The molecule has 174 valence electrons. The van der Waals surface area contributed by atoms with Crippen LogP contribution in [0.4, 0.5) is 0 Å². The first-order chi connectivity index (χ1) is 14.3. The van der Waals surface area contributed by atoms with Crippen LogP contribution in [-0.2, 0) is 0 Å². The second kappa shape index (κ2) is 9.47. The van der Waals surface area contributed by atoms with Crippen molar-refractivity contribution in [1.29, 1.82) is 0 Å². The highest BCUT2D eigenvalue weighted by atomic mass is 14.6. The van der Waals surface area contributed by atoms with Crippen molar-refractivity contribution in [2.45, 2.75) is 113 Å². The van der Waals surface area contributed by atoms with Crippen LogP contribution < -0.4 is 0 Å². The van der Waals surface area contributed by atoms with E-state index in [4.69, 9.17) is 0 Å². The third kappa shape index (κ3) is 4.29. The minimum absolute atomic E-state index is 0.842. The predicted octanol–water partition coefficient (Wildman–Crippen LogP) is 9.09. The third-order valence-corrected chi connectivity index (χ3v) is 11.9. The maximum Gasteiger partial charge on any atom is -0.0324 e. The highest BCUT2D eigenvalue weighted by Gasteiger charge is 2.53. The fourth-order valence-electron chi connectivity index (χ4n) is 9.31. The summed E-state index contributed by atoms with van der Waals surface area (Å²) in [4.78, 5) is 0. The van der Waals surface area contributed by atoms with Gasteiger partial charge in [0.05, 0.1) is 0 Å². The first-order valence-electron chi connectivity index (χ1n) is 14.3. The van der Waals surface area contributed by atoms with E-state index in [-0.39, 0.29) is 0 Å². The molecular formula is C30H54. The zero-order valence-electron chi connectivity index (χ0n) is 21.6. The minimum atomic E-state index is 0.842. The summed E-state index contributed by atoms with van der Waals surface area (Å²) in [5.74, 6) is 13.0. The van der Waals surface area contributed by atoms with Crippen LogP contribution in [0.5, 0.6) is 0 Å². The molecule has 0 aromatic rings. The van der Waals surface area contributed by atoms with Gasteiger partial charge in [-0.3, -0.25) is 0 Å². The van der Waals surface area contributed by atoms with Crippen LogP contribution in [0.1, 0.15) is 113 Å². The fourth-order valence-corrected chi connectivity index (χ4v) is 9.31. The molecule has 4 aliphatic carbocycles. The van der Waals surface area contributed by atoms with Gasteiger partial charge in [0.1, 0.15) is 0 Å². The van der Waals surface area contributed by atoms with Gasteiger partial charge in [-0.2, -0.15) is 0 Å². The molecule has 0 amide bonds. The van der Waals surface area contributed by atoms with E-state index in [0.29, 0.717) is 0 Å². The number of hydrogen-bond donors (Lipinski definition) is 0. The second-order valence-corrected chi connectivity index (χ2v) is 13.5. The number of fused-ring (bicyclic) bond motifs is 1. The zero-order valence-corrected chi connectivity index (χ0v) is 21.6. The minimum Gasteiger partial charge on any atom is -0.0625 e. The van der Waals surface area contributed by atoms with E-state index in [2.05, 4.69) is 48.5 Å². The molecule has 4 aliphatic rings. The highest BCUT2D eigenvalue weighted by molar-refractivity contribution is 5.02. The molecule has 12 atom stereocenters. The third-order valence-electron chi connectivity index (χ3n) is 11.9. The van der Waals surface area contributed by atoms with Gasteiger partial charge in [-0.25, -0.2) is 0 Å². The topological polar surface area (TPSA) is 0 Å². The summed E-state index contributed by atoms with van der Waals surface area (Å²) in [5.41, 5.74) is 0. The smallest absolute Gasteiger partial charge is 0.0324 e. The molecule has 0 nitrogen and oxygen atoms in total. The Bertz CT molecular complexity index is 548. The van der Waals surface area contributed by atoms with Gasteiger partial charge in [0, 0.05) is 0 Å². The molecule has 0 aliphatic heterocycles. The first kappa shape index (κ1) is 23.2. The molecule has 4 fully saturated rings. The Hall–Kier alpha value is 0. The second-order valence-electron chi connectivity index (χ2n) is 13.5. The van der Waals surface area contributed by atoms with Gasteiger partial charge in [0.2, 0.25) is 0 Å². The van der Waals surface area contributed by atoms with E-state index in [1.165, 1.54) is 32.1 Å². The molecule has 0 aromatic heterocycles. The molecule has 0 aromatic carbocycles. The van der Waals surface area contributed by atoms with Crippen molar-refractivity contribution >= 4 is 0 Å². The summed E-state index contributed by atoms with van der Waals surface area (Å²) < 4.78 is 0. The molecule has 0 bridgehead atoms. The Morgan fingerprint density at radius 1 is 0.567 bits per heavy atom. The number of rotatable bonds is 5. The lowest BCUT2D eigenvalue weighted by atomic mass is 9.46. The van der Waals surface area contributed by atoms with Crippen molar-refractivity contribution in [3.8, 4) is 0 Å². The Balaban J connectivity index is 1.44. The van der Waals surface area contributed by atoms with Gasteiger partial charge in [0.25, 0.3) is 0 Å². The summed E-state index contributed by atoms with van der Waals surface area (Å²) in [6.45, 7) is 18.0. The van der Waals surface area contributed by atoms with Crippen molar-refractivity contribution in [2.75, 3.05) is 0 Å². The van der Waals surface area contributed by atoms with Crippen molar-refractivity contribution < 1.29 is 0 Å². The van der Waals surface area contributed by atoms with Gasteiger partial charge < -0.3 is 0 Å². The van der Waals surface area contributed by atoms with Crippen molar-refractivity contribution in [2.24, 2.45) is 76.9 Å². The molecule has 0 N–H and O–H groups in total. The van der Waals surface area contributed by atoms with Crippen LogP contribution in [0.2, 0.25) is 0 Å². The van der Waals surface area contributed by atoms with Gasteiger partial charge >= 0.3 is 0 Å². The summed E-state index contributed by atoms with van der Waals surface area (Å²) >= 11 is 0. The molecule has 0 radical (unpaired) electrons. The molecular weight excluding hydrogens is 360 g/mol. The average molecular weight is 415 g/mol. The summed E-state index contributed by atoms with van der Waals surface area (Å²) in [5, 5.41) is 0. The molecule has 0 spiro atoms. The van der Waals surface area contributed by atoms with Crippen LogP contribution >= 0.6 is 0 Å². The molecule has 30 heavy (non-hydrogen) atoms. The Kier molecular flexibility index (Phi) is 7.31. The lowest BCUT2D eigenvalue weighted by Gasteiger charge is -2.59. The van der Waals surface area contributed by atoms with Crippen LogP contribution in [0, 0.1) is 76.9 Å². The molecule has 0 heterocycles. The van der Waals surface area contributed by atoms with Gasteiger partial charge in [0.15, 0.2) is 0 Å². The van der Waals surface area contributed by atoms with Gasteiger partial charge in [-0.15, -0.1) is 0 Å². The fraction of sp³-hybridized carbons (Fsp3) is 1.00. The van der Waals surface area contributed by atoms with Gasteiger partial charge in [-0.05, 0) is 115 Å². The standard InChI is InChI=1S/C30H54/c1-18(2)22(6)30(25-11-9-8-10-20(25)4)26-14-15-27-28(23(26)7)17-29(27)24-13-12-19(3)21(5)16-24/h18-30H,8-17H2,1-7H3. The molecule has 4 saturated carbocycles. The lowest BCUT2D eigenvalue weighted by Crippen LogP contribution is -2.52. The van der Waals surface area contributed by atoms with E-state index in [1.807, 2.05) is 0 Å². The summed E-state index contributed by atoms with van der Waals surface area (Å²) in [7, 11) is 0. The molecule has 4 rings (SSSR count). The van der Waals surface area contributed by atoms with E-state index in [9.17, 15) is 0 Å². The molecule has 0 saturated heterocycles. The molecule has 0 heteroatoms. The van der Waals surface area contributed by atoms with E-state index in [0.717, 1.165) is 76.9 Å². The van der Waals surface area contributed by atoms with Crippen LogP contribution in [0.3, 0.4) is 0 Å². The summed E-state index contributed by atoms with van der Waals surface area (Å²) in [6.07, 6.45) is 15.3. The van der Waals surface area contributed by atoms with E-state index in [1.54, 1.807) is 32.1 Å². The van der Waals surface area contributed by atoms with Crippen LogP contribution in [-0.4, -0.2) is 0 Å².